The van der Waals surface area contributed by atoms with Crippen molar-refractivity contribution in [1.29, 1.82) is 0 Å². The molecule has 0 aliphatic carbocycles. The summed E-state index contributed by atoms with van der Waals surface area (Å²) in [7, 11) is 1.62. The Hall–Kier alpha value is -1.93. The third-order valence-electron chi connectivity index (χ3n) is 4.82. The van der Waals surface area contributed by atoms with Gasteiger partial charge < -0.3 is 19.5 Å². The van der Waals surface area contributed by atoms with Crippen molar-refractivity contribution in [3.05, 3.63) is 51.7 Å². The van der Waals surface area contributed by atoms with Crippen LogP contribution >= 0.6 is 11.3 Å². The predicted molar refractivity (Wildman–Crippen MR) is 110 cm³/mol. The summed E-state index contributed by atoms with van der Waals surface area (Å²) >= 11 is 1.72. The van der Waals surface area contributed by atoms with Crippen molar-refractivity contribution in [3.8, 4) is 5.75 Å². The molecule has 0 saturated carbocycles. The first-order valence-electron chi connectivity index (χ1n) is 9.61. The van der Waals surface area contributed by atoms with Crippen LogP contribution in [0.2, 0.25) is 0 Å². The second-order valence-electron chi connectivity index (χ2n) is 6.55. The number of thiophene rings is 1. The number of ether oxygens (including phenoxy) is 3. The molecule has 2 aromatic rings. The highest BCUT2D eigenvalue weighted by Crippen LogP contribution is 2.26. The van der Waals surface area contributed by atoms with E-state index >= 15 is 0 Å². The molecule has 1 unspecified atom stereocenters. The van der Waals surface area contributed by atoms with Gasteiger partial charge in [0, 0.05) is 42.2 Å². The normalized spacial score (nSPS) is 15.9. The molecule has 1 amide bonds. The van der Waals surface area contributed by atoms with Gasteiger partial charge in [-0.15, -0.1) is 11.3 Å². The average molecular weight is 405 g/mol. The molecule has 0 spiro atoms. The molecule has 0 bridgehead atoms. The Balaban J connectivity index is 1.68. The van der Waals surface area contributed by atoms with E-state index < -0.39 is 0 Å². The molecular weight excluding hydrogens is 376 g/mol. The number of hydrogen-bond donors (Lipinski definition) is 1. The lowest BCUT2D eigenvalue weighted by atomic mass is 10.1. The highest BCUT2D eigenvalue weighted by Gasteiger charge is 2.24. The van der Waals surface area contributed by atoms with E-state index in [1.54, 1.807) is 24.5 Å². The van der Waals surface area contributed by atoms with Crippen LogP contribution in [0.15, 0.2) is 35.7 Å². The van der Waals surface area contributed by atoms with E-state index in [2.05, 4.69) is 27.7 Å². The summed E-state index contributed by atoms with van der Waals surface area (Å²) in [4.78, 5) is 16.4. The van der Waals surface area contributed by atoms with Crippen LogP contribution in [0.5, 0.6) is 5.75 Å². The van der Waals surface area contributed by atoms with Gasteiger partial charge in [-0.3, -0.25) is 9.69 Å². The lowest BCUT2D eigenvalue weighted by Gasteiger charge is -2.34. The van der Waals surface area contributed by atoms with E-state index in [-0.39, 0.29) is 11.9 Å². The van der Waals surface area contributed by atoms with Crippen molar-refractivity contribution in [3.63, 3.8) is 0 Å². The van der Waals surface area contributed by atoms with E-state index in [1.165, 1.54) is 4.88 Å². The molecule has 3 rings (SSSR count). The van der Waals surface area contributed by atoms with E-state index in [4.69, 9.17) is 14.2 Å². The van der Waals surface area contributed by atoms with Crippen LogP contribution in [-0.4, -0.2) is 57.4 Å². The fraction of sp³-hybridized carbons (Fsp3) is 0.476. The van der Waals surface area contributed by atoms with E-state index in [0.717, 1.165) is 37.6 Å². The zero-order chi connectivity index (χ0) is 19.8. The van der Waals surface area contributed by atoms with Crippen LogP contribution < -0.4 is 10.1 Å². The van der Waals surface area contributed by atoms with Gasteiger partial charge in [0.25, 0.3) is 5.91 Å². The molecule has 7 heteroatoms. The fourth-order valence-electron chi connectivity index (χ4n) is 3.32. The molecule has 1 fully saturated rings. The Bertz CT molecular complexity index is 745. The largest absolute Gasteiger partial charge is 0.496 e. The topological polar surface area (TPSA) is 60.0 Å². The van der Waals surface area contributed by atoms with Gasteiger partial charge in [0.2, 0.25) is 0 Å². The van der Waals surface area contributed by atoms with Crippen molar-refractivity contribution in [2.24, 2.45) is 0 Å². The van der Waals surface area contributed by atoms with Gasteiger partial charge in [-0.2, -0.15) is 0 Å². The van der Waals surface area contributed by atoms with Crippen molar-refractivity contribution in [2.45, 2.75) is 19.6 Å². The molecule has 6 nitrogen and oxygen atoms in total. The van der Waals surface area contributed by atoms with Gasteiger partial charge in [-0.1, -0.05) is 6.07 Å². The minimum absolute atomic E-state index is 0.0878. The summed E-state index contributed by atoms with van der Waals surface area (Å²) in [5.41, 5.74) is 1.49. The van der Waals surface area contributed by atoms with Gasteiger partial charge in [0.15, 0.2) is 0 Å². The first kappa shape index (κ1) is 20.8. The van der Waals surface area contributed by atoms with Crippen LogP contribution in [0.25, 0.3) is 0 Å². The molecular formula is C21H28N2O4S. The first-order valence-corrected chi connectivity index (χ1v) is 10.5. The lowest BCUT2D eigenvalue weighted by Crippen LogP contribution is -2.43. The molecule has 2 heterocycles. The number of morpholine rings is 1. The minimum Gasteiger partial charge on any atom is -0.496 e. The van der Waals surface area contributed by atoms with Crippen LogP contribution in [-0.2, 0) is 16.1 Å². The van der Waals surface area contributed by atoms with Crippen molar-refractivity contribution >= 4 is 17.2 Å². The summed E-state index contributed by atoms with van der Waals surface area (Å²) in [5, 5.41) is 5.19. The number of rotatable bonds is 9. The number of hydrogen-bond acceptors (Lipinski definition) is 6. The Morgan fingerprint density at radius 3 is 2.82 bits per heavy atom. The molecule has 1 aromatic carbocycles. The highest BCUT2D eigenvalue weighted by atomic mass is 32.1. The third-order valence-corrected chi connectivity index (χ3v) is 5.79. The fourth-order valence-corrected chi connectivity index (χ4v) is 4.18. The molecule has 0 radical (unpaired) electrons. The maximum Gasteiger partial charge on any atom is 0.251 e. The zero-order valence-corrected chi connectivity index (χ0v) is 17.3. The summed E-state index contributed by atoms with van der Waals surface area (Å²) in [5.74, 6) is 0.644. The van der Waals surface area contributed by atoms with E-state index in [0.29, 0.717) is 25.3 Å². The number of benzene rings is 1. The number of nitrogens with zero attached hydrogens (tertiary/aromatic N) is 1. The van der Waals surface area contributed by atoms with Crippen LogP contribution in [0.4, 0.5) is 0 Å². The number of amides is 1. The van der Waals surface area contributed by atoms with Crippen molar-refractivity contribution in [2.75, 3.05) is 46.6 Å². The van der Waals surface area contributed by atoms with Gasteiger partial charge >= 0.3 is 0 Å². The lowest BCUT2D eigenvalue weighted by molar-refractivity contribution is 0.0169. The Morgan fingerprint density at radius 2 is 2.14 bits per heavy atom. The molecule has 1 aliphatic heterocycles. The molecule has 152 valence electrons. The van der Waals surface area contributed by atoms with Gasteiger partial charge in [-0.05, 0) is 36.6 Å². The second-order valence-corrected chi connectivity index (χ2v) is 7.53. The van der Waals surface area contributed by atoms with Gasteiger partial charge in [-0.25, -0.2) is 0 Å². The van der Waals surface area contributed by atoms with Gasteiger partial charge in [0.05, 0.1) is 33.0 Å². The molecule has 1 atom stereocenters. The first-order chi connectivity index (χ1) is 13.7. The van der Waals surface area contributed by atoms with Crippen LogP contribution in [0.1, 0.15) is 33.8 Å². The predicted octanol–water partition coefficient (Wildman–Crippen LogP) is 3.10. The summed E-state index contributed by atoms with van der Waals surface area (Å²) in [6.07, 6.45) is 0. The minimum atomic E-state index is -0.0878. The Morgan fingerprint density at radius 1 is 1.32 bits per heavy atom. The van der Waals surface area contributed by atoms with Crippen LogP contribution in [0, 0.1) is 0 Å². The smallest absolute Gasteiger partial charge is 0.251 e. The molecule has 1 saturated heterocycles. The van der Waals surface area contributed by atoms with E-state index in [9.17, 15) is 4.79 Å². The monoisotopic (exact) mass is 404 g/mol. The van der Waals surface area contributed by atoms with Crippen molar-refractivity contribution < 1.29 is 19.0 Å². The quantitative estimate of drug-likeness (QED) is 0.696. The molecule has 28 heavy (non-hydrogen) atoms. The summed E-state index contributed by atoms with van der Waals surface area (Å²) in [6.45, 7) is 6.75. The maximum atomic E-state index is 12.8. The SMILES string of the molecule is CCOCc1cc(C(=O)NCC(c2cccs2)N2CCOCC2)ccc1OC. The van der Waals surface area contributed by atoms with Gasteiger partial charge in [0.1, 0.15) is 5.75 Å². The van der Waals surface area contributed by atoms with Crippen molar-refractivity contribution in [1.82, 2.24) is 10.2 Å². The number of methoxy groups -OCH3 is 1. The third kappa shape index (κ3) is 5.32. The number of nitrogens with one attached hydrogen (secondary N) is 1. The molecule has 1 aliphatic rings. The summed E-state index contributed by atoms with van der Waals surface area (Å²) < 4.78 is 16.3. The molecule has 1 N–H and O–H groups in total. The Kier molecular flexibility index (Phi) is 7.85. The zero-order valence-electron chi connectivity index (χ0n) is 16.5. The summed E-state index contributed by atoms with van der Waals surface area (Å²) in [6, 6.07) is 9.80. The highest BCUT2D eigenvalue weighted by molar-refractivity contribution is 7.10. The number of carbonyl (C=O) groups is 1. The number of carbonyl (C=O) groups excluding carboxylic acids is 1. The van der Waals surface area contributed by atoms with E-state index in [1.807, 2.05) is 19.1 Å². The molecule has 1 aromatic heterocycles. The average Bonchev–Trinajstić information content (AvgIpc) is 3.27. The maximum absolute atomic E-state index is 12.8. The van der Waals surface area contributed by atoms with Crippen LogP contribution in [0.3, 0.4) is 0 Å². The Labute approximate surface area is 170 Å². The second kappa shape index (κ2) is 10.6. The standard InChI is InChI=1S/C21H28N2O4S/c1-3-26-15-17-13-16(6-7-19(17)25-2)21(24)22-14-18(20-5-4-12-28-20)23-8-10-27-11-9-23/h4-7,12-13,18H,3,8-11,14-15H2,1-2H3,(H,22,24).